The third-order valence-corrected chi connectivity index (χ3v) is 3.52. The number of rotatable bonds is 3. The van der Waals surface area contributed by atoms with Gasteiger partial charge in [-0.15, -0.1) is 0 Å². The third kappa shape index (κ3) is 1.21. The van der Waals surface area contributed by atoms with Gasteiger partial charge in [0.2, 0.25) is 0 Å². The van der Waals surface area contributed by atoms with Crippen molar-refractivity contribution in [3.05, 3.63) is 0 Å². The molecule has 1 fully saturated rings. The van der Waals surface area contributed by atoms with Crippen LogP contribution in [0.25, 0.3) is 0 Å². The van der Waals surface area contributed by atoms with Gasteiger partial charge in [0.15, 0.2) is 5.96 Å². The standard InChI is InChI=1S/C10H19N3/c1-3-10(4-2)7-12-9(11)13(10)8-5-6-8/h8H,3-7H2,1-2H3,(H2,11,12). The number of aliphatic imine (C=N–C) groups is 1. The topological polar surface area (TPSA) is 41.6 Å². The second-order valence-corrected chi connectivity index (χ2v) is 4.21. The maximum atomic E-state index is 5.92. The monoisotopic (exact) mass is 181 g/mol. The van der Waals surface area contributed by atoms with Gasteiger partial charge in [-0.25, -0.2) is 0 Å². The molecule has 3 heteroatoms. The van der Waals surface area contributed by atoms with E-state index >= 15 is 0 Å². The summed E-state index contributed by atoms with van der Waals surface area (Å²) >= 11 is 0. The van der Waals surface area contributed by atoms with E-state index in [1.54, 1.807) is 0 Å². The Labute approximate surface area is 80.0 Å². The highest BCUT2D eigenvalue weighted by molar-refractivity contribution is 5.81. The molecule has 2 aliphatic rings. The Kier molecular flexibility index (Phi) is 1.97. The Morgan fingerprint density at radius 1 is 1.46 bits per heavy atom. The number of guanidine groups is 1. The van der Waals surface area contributed by atoms with Crippen molar-refractivity contribution in [2.45, 2.75) is 51.1 Å². The molecule has 0 bridgehead atoms. The average Bonchev–Trinajstić information content (AvgIpc) is 2.91. The number of nitrogens with two attached hydrogens (primary N) is 1. The quantitative estimate of drug-likeness (QED) is 0.714. The first kappa shape index (κ1) is 8.85. The SMILES string of the molecule is CCC1(CC)CN=C(N)N1C1CC1. The smallest absolute Gasteiger partial charge is 0.192 e. The minimum atomic E-state index is 0.255. The molecular formula is C10H19N3. The van der Waals surface area contributed by atoms with Gasteiger partial charge in [0.25, 0.3) is 0 Å². The lowest BCUT2D eigenvalue weighted by Crippen LogP contribution is -2.52. The second-order valence-electron chi connectivity index (χ2n) is 4.21. The van der Waals surface area contributed by atoms with Gasteiger partial charge in [0, 0.05) is 6.04 Å². The van der Waals surface area contributed by atoms with Crippen LogP contribution in [0.2, 0.25) is 0 Å². The second kappa shape index (κ2) is 2.89. The lowest BCUT2D eigenvalue weighted by atomic mass is 9.92. The summed E-state index contributed by atoms with van der Waals surface area (Å²) in [6.07, 6.45) is 4.92. The molecule has 3 nitrogen and oxygen atoms in total. The lowest BCUT2D eigenvalue weighted by Gasteiger charge is -2.38. The molecule has 1 heterocycles. The van der Waals surface area contributed by atoms with Crippen LogP contribution in [0.15, 0.2) is 4.99 Å². The van der Waals surface area contributed by atoms with Crippen LogP contribution >= 0.6 is 0 Å². The van der Waals surface area contributed by atoms with E-state index in [2.05, 4.69) is 23.7 Å². The molecule has 0 radical (unpaired) electrons. The van der Waals surface area contributed by atoms with Crippen molar-refractivity contribution < 1.29 is 0 Å². The van der Waals surface area contributed by atoms with E-state index in [1.165, 1.54) is 12.8 Å². The lowest BCUT2D eigenvalue weighted by molar-refractivity contribution is 0.178. The molecule has 13 heavy (non-hydrogen) atoms. The van der Waals surface area contributed by atoms with Crippen LogP contribution in [0.4, 0.5) is 0 Å². The fourth-order valence-electron chi connectivity index (χ4n) is 2.34. The van der Waals surface area contributed by atoms with Crippen LogP contribution < -0.4 is 5.73 Å². The molecule has 74 valence electrons. The van der Waals surface area contributed by atoms with E-state index in [4.69, 9.17) is 5.73 Å². The van der Waals surface area contributed by atoms with Crippen molar-refractivity contribution in [3.8, 4) is 0 Å². The Hall–Kier alpha value is -0.730. The summed E-state index contributed by atoms with van der Waals surface area (Å²) < 4.78 is 0. The van der Waals surface area contributed by atoms with Crippen LogP contribution in [0, 0.1) is 0 Å². The van der Waals surface area contributed by atoms with Gasteiger partial charge in [-0.2, -0.15) is 0 Å². The van der Waals surface area contributed by atoms with E-state index in [0.717, 1.165) is 25.3 Å². The summed E-state index contributed by atoms with van der Waals surface area (Å²) in [6, 6.07) is 0.700. The van der Waals surface area contributed by atoms with Gasteiger partial charge in [0.1, 0.15) is 0 Å². The van der Waals surface area contributed by atoms with E-state index in [0.29, 0.717) is 6.04 Å². The number of nitrogens with zero attached hydrogens (tertiary/aromatic N) is 2. The minimum absolute atomic E-state index is 0.255. The van der Waals surface area contributed by atoms with E-state index in [-0.39, 0.29) is 5.54 Å². The molecule has 1 aliphatic carbocycles. The molecular weight excluding hydrogens is 162 g/mol. The van der Waals surface area contributed by atoms with Crippen molar-refractivity contribution in [2.24, 2.45) is 10.7 Å². The molecule has 0 atom stereocenters. The number of hydrogen-bond donors (Lipinski definition) is 1. The minimum Gasteiger partial charge on any atom is -0.370 e. The number of hydrogen-bond acceptors (Lipinski definition) is 3. The molecule has 0 amide bonds. The van der Waals surface area contributed by atoms with Crippen LogP contribution in [0.5, 0.6) is 0 Å². The maximum Gasteiger partial charge on any atom is 0.192 e. The van der Waals surface area contributed by atoms with Crippen molar-refractivity contribution in [1.29, 1.82) is 0 Å². The molecule has 0 aromatic carbocycles. The van der Waals surface area contributed by atoms with Crippen LogP contribution in [-0.4, -0.2) is 29.0 Å². The molecule has 1 saturated carbocycles. The first-order valence-electron chi connectivity index (χ1n) is 5.33. The van der Waals surface area contributed by atoms with Crippen molar-refractivity contribution in [3.63, 3.8) is 0 Å². The third-order valence-electron chi connectivity index (χ3n) is 3.52. The normalized spacial score (nSPS) is 26.3. The van der Waals surface area contributed by atoms with Crippen molar-refractivity contribution >= 4 is 5.96 Å². The molecule has 0 aromatic heterocycles. The Morgan fingerprint density at radius 3 is 2.54 bits per heavy atom. The molecule has 2 rings (SSSR count). The average molecular weight is 181 g/mol. The summed E-state index contributed by atoms with van der Waals surface area (Å²) in [7, 11) is 0. The highest BCUT2D eigenvalue weighted by atomic mass is 15.4. The fraction of sp³-hybridized carbons (Fsp3) is 0.900. The van der Waals surface area contributed by atoms with Gasteiger partial charge in [0.05, 0.1) is 12.1 Å². The molecule has 0 aromatic rings. The van der Waals surface area contributed by atoms with Gasteiger partial charge >= 0.3 is 0 Å². The zero-order valence-corrected chi connectivity index (χ0v) is 8.58. The van der Waals surface area contributed by atoms with Gasteiger partial charge in [-0.05, 0) is 25.7 Å². The Bertz CT molecular complexity index is 226. The first-order valence-corrected chi connectivity index (χ1v) is 5.33. The summed E-state index contributed by atoms with van der Waals surface area (Å²) in [5.74, 6) is 0.784. The Balaban J connectivity index is 2.20. The van der Waals surface area contributed by atoms with Crippen LogP contribution in [0.3, 0.4) is 0 Å². The van der Waals surface area contributed by atoms with Crippen molar-refractivity contribution in [2.75, 3.05) is 6.54 Å². The molecule has 0 spiro atoms. The fourth-order valence-corrected chi connectivity index (χ4v) is 2.34. The summed E-state index contributed by atoms with van der Waals surface area (Å²) in [5, 5.41) is 0. The van der Waals surface area contributed by atoms with Gasteiger partial charge in [-0.1, -0.05) is 13.8 Å². The van der Waals surface area contributed by atoms with Crippen molar-refractivity contribution in [1.82, 2.24) is 4.90 Å². The van der Waals surface area contributed by atoms with Crippen LogP contribution in [0.1, 0.15) is 39.5 Å². The van der Waals surface area contributed by atoms with E-state index < -0.39 is 0 Å². The summed E-state index contributed by atoms with van der Waals surface area (Å²) in [6.45, 7) is 5.39. The predicted molar refractivity (Wildman–Crippen MR) is 54.7 cm³/mol. The molecule has 0 saturated heterocycles. The van der Waals surface area contributed by atoms with E-state index in [1.807, 2.05) is 0 Å². The Morgan fingerprint density at radius 2 is 2.08 bits per heavy atom. The maximum absolute atomic E-state index is 5.92. The highest BCUT2D eigenvalue weighted by Crippen LogP contribution is 2.38. The molecule has 2 N–H and O–H groups in total. The highest BCUT2D eigenvalue weighted by Gasteiger charge is 2.46. The predicted octanol–water partition coefficient (Wildman–Crippen LogP) is 1.34. The zero-order chi connectivity index (χ0) is 9.47. The summed E-state index contributed by atoms with van der Waals surface area (Å²) in [5.41, 5.74) is 6.18. The van der Waals surface area contributed by atoms with Crippen LogP contribution in [-0.2, 0) is 0 Å². The largest absolute Gasteiger partial charge is 0.370 e. The zero-order valence-electron chi connectivity index (χ0n) is 8.58. The summed E-state index contributed by atoms with van der Waals surface area (Å²) in [4.78, 5) is 6.78. The van der Waals surface area contributed by atoms with Gasteiger partial charge < -0.3 is 10.6 Å². The van der Waals surface area contributed by atoms with E-state index in [9.17, 15) is 0 Å². The molecule has 1 aliphatic heterocycles. The molecule has 0 unspecified atom stereocenters. The van der Waals surface area contributed by atoms with Gasteiger partial charge in [-0.3, -0.25) is 4.99 Å². The first-order chi connectivity index (χ1) is 6.23.